The molecule has 0 aromatic heterocycles. The number of rotatable bonds is 6. The molecule has 2 nitrogen and oxygen atoms in total. The first kappa shape index (κ1) is 14.8. The summed E-state index contributed by atoms with van der Waals surface area (Å²) in [4.78, 5) is 0. The molecule has 0 aliphatic carbocycles. The summed E-state index contributed by atoms with van der Waals surface area (Å²) in [6, 6.07) is 7.42. The molecule has 1 atom stereocenters. The lowest BCUT2D eigenvalue weighted by Crippen LogP contribution is -2.13. The van der Waals surface area contributed by atoms with Crippen molar-refractivity contribution in [1.29, 1.82) is 0 Å². The van der Waals surface area contributed by atoms with Crippen molar-refractivity contribution >= 4 is 33.0 Å². The molecule has 1 aromatic rings. The Hall–Kier alpha value is -0.250. The average Bonchev–Trinajstić information content (AvgIpc) is 2.32. The molecule has 0 fully saturated rings. The maximum atomic E-state index is 11.5. The van der Waals surface area contributed by atoms with Gasteiger partial charge in [-0.1, -0.05) is 36.7 Å². The Labute approximate surface area is 113 Å². The minimum absolute atomic E-state index is 0.00769. The fourth-order valence-electron chi connectivity index (χ4n) is 1.59. The van der Waals surface area contributed by atoms with Gasteiger partial charge in [-0.15, -0.1) is 11.6 Å². The van der Waals surface area contributed by atoms with Gasteiger partial charge in [0.05, 0.1) is 5.75 Å². The summed E-state index contributed by atoms with van der Waals surface area (Å²) in [6.07, 6.45) is 0.517. The Morgan fingerprint density at radius 3 is 2.47 bits per heavy atom. The molecule has 0 saturated heterocycles. The molecule has 0 N–H and O–H groups in total. The third-order valence-corrected chi connectivity index (χ3v) is 5.20. The van der Waals surface area contributed by atoms with Gasteiger partial charge in [0.1, 0.15) is 9.84 Å². The van der Waals surface area contributed by atoms with Crippen molar-refractivity contribution in [3.8, 4) is 0 Å². The van der Waals surface area contributed by atoms with E-state index < -0.39 is 9.84 Å². The monoisotopic (exact) mass is 294 g/mol. The van der Waals surface area contributed by atoms with Crippen LogP contribution in [0.25, 0.3) is 0 Å². The van der Waals surface area contributed by atoms with E-state index >= 15 is 0 Å². The summed E-state index contributed by atoms with van der Waals surface area (Å²) in [5, 5.41) is 0.645. The molecular weight excluding hydrogens is 279 g/mol. The fraction of sp³-hybridized carbons (Fsp3) is 0.500. The predicted molar refractivity (Wildman–Crippen MR) is 73.9 cm³/mol. The molecule has 5 heteroatoms. The van der Waals surface area contributed by atoms with Crippen LogP contribution in [0.1, 0.15) is 24.8 Å². The molecular formula is C12H16Cl2O2S. The van der Waals surface area contributed by atoms with Gasteiger partial charge >= 0.3 is 0 Å². The minimum atomic E-state index is -2.95. The van der Waals surface area contributed by atoms with Crippen LogP contribution in [0.3, 0.4) is 0 Å². The minimum Gasteiger partial charge on any atom is -0.229 e. The lowest BCUT2D eigenvalue weighted by atomic mass is 9.98. The predicted octanol–water partition coefficient (Wildman–Crippen LogP) is 3.49. The van der Waals surface area contributed by atoms with Crippen molar-refractivity contribution in [2.24, 2.45) is 0 Å². The highest BCUT2D eigenvalue weighted by atomic mass is 35.5. The smallest absolute Gasteiger partial charge is 0.150 e. The van der Waals surface area contributed by atoms with Crippen molar-refractivity contribution in [3.05, 3.63) is 34.9 Å². The number of halogens is 2. The van der Waals surface area contributed by atoms with Gasteiger partial charge in [0.2, 0.25) is 0 Å². The van der Waals surface area contributed by atoms with E-state index in [-0.39, 0.29) is 17.4 Å². The van der Waals surface area contributed by atoms with Gasteiger partial charge in [-0.3, -0.25) is 0 Å². The second-order valence-electron chi connectivity index (χ2n) is 3.90. The Morgan fingerprint density at radius 1 is 1.29 bits per heavy atom. The molecule has 0 aliphatic heterocycles. The van der Waals surface area contributed by atoms with Crippen LogP contribution in [0.2, 0.25) is 5.02 Å². The van der Waals surface area contributed by atoms with E-state index in [1.54, 1.807) is 13.0 Å². The first-order valence-electron chi connectivity index (χ1n) is 5.51. The number of hydrogen-bond donors (Lipinski definition) is 0. The first-order chi connectivity index (χ1) is 8.00. The zero-order valence-corrected chi connectivity index (χ0v) is 12.0. The summed E-state index contributed by atoms with van der Waals surface area (Å²) >= 11 is 12.0. The Balaban J connectivity index is 2.77. The Morgan fingerprint density at radius 2 is 1.94 bits per heavy atom. The topological polar surface area (TPSA) is 34.1 Å². The van der Waals surface area contributed by atoms with Gasteiger partial charge < -0.3 is 0 Å². The van der Waals surface area contributed by atoms with E-state index in [0.29, 0.717) is 17.3 Å². The SMILES string of the molecule is CCS(=O)(=O)CCC(CCl)c1ccccc1Cl. The van der Waals surface area contributed by atoms with Crippen molar-refractivity contribution in [1.82, 2.24) is 0 Å². The Bertz CT molecular complexity index is 457. The van der Waals surface area contributed by atoms with Gasteiger partial charge in [-0.05, 0) is 24.0 Å². The summed E-state index contributed by atoms with van der Waals surface area (Å²) in [6.45, 7) is 1.65. The number of sulfone groups is 1. The average molecular weight is 295 g/mol. The van der Waals surface area contributed by atoms with Crippen LogP contribution < -0.4 is 0 Å². The molecule has 0 spiro atoms. The molecule has 0 amide bonds. The third-order valence-electron chi connectivity index (χ3n) is 2.75. The normalized spacial score (nSPS) is 13.6. The van der Waals surface area contributed by atoms with Gasteiger partial charge in [-0.2, -0.15) is 0 Å². The molecule has 1 unspecified atom stereocenters. The van der Waals surface area contributed by atoms with Crippen LogP contribution in [0.5, 0.6) is 0 Å². The molecule has 0 aliphatic rings. The summed E-state index contributed by atoms with van der Waals surface area (Å²) in [5.74, 6) is 0.700. The Kier molecular flexibility index (Phi) is 5.77. The summed E-state index contributed by atoms with van der Waals surface area (Å²) < 4.78 is 22.9. The largest absolute Gasteiger partial charge is 0.229 e. The molecule has 0 saturated carbocycles. The number of alkyl halides is 1. The first-order valence-corrected chi connectivity index (χ1v) is 8.24. The van der Waals surface area contributed by atoms with Gasteiger partial charge in [0.25, 0.3) is 0 Å². The molecule has 17 heavy (non-hydrogen) atoms. The summed E-state index contributed by atoms with van der Waals surface area (Å²) in [7, 11) is -2.95. The van der Waals surface area contributed by atoms with E-state index in [9.17, 15) is 8.42 Å². The van der Waals surface area contributed by atoms with Crippen LogP contribution in [-0.2, 0) is 9.84 Å². The molecule has 0 bridgehead atoms. The van der Waals surface area contributed by atoms with E-state index in [1.165, 1.54) is 0 Å². The molecule has 1 aromatic carbocycles. The van der Waals surface area contributed by atoms with Crippen molar-refractivity contribution in [2.75, 3.05) is 17.4 Å². The third kappa shape index (κ3) is 4.49. The van der Waals surface area contributed by atoms with Crippen molar-refractivity contribution < 1.29 is 8.42 Å². The van der Waals surface area contributed by atoms with Crippen LogP contribution in [0.4, 0.5) is 0 Å². The standard InChI is InChI=1S/C12H16Cl2O2S/c1-2-17(15,16)8-7-10(9-13)11-5-3-4-6-12(11)14/h3-6,10H,2,7-9H2,1H3. The van der Waals surface area contributed by atoms with Gasteiger partial charge in [-0.25, -0.2) is 8.42 Å². The van der Waals surface area contributed by atoms with Crippen LogP contribution >= 0.6 is 23.2 Å². The second kappa shape index (κ2) is 6.62. The highest BCUT2D eigenvalue weighted by Crippen LogP contribution is 2.28. The van der Waals surface area contributed by atoms with Crippen LogP contribution in [0.15, 0.2) is 24.3 Å². The zero-order chi connectivity index (χ0) is 12.9. The quantitative estimate of drug-likeness (QED) is 0.753. The van der Waals surface area contributed by atoms with E-state index in [1.807, 2.05) is 18.2 Å². The maximum Gasteiger partial charge on any atom is 0.150 e. The highest BCUT2D eigenvalue weighted by molar-refractivity contribution is 7.91. The molecule has 0 radical (unpaired) electrons. The fourth-order valence-corrected chi connectivity index (χ4v) is 3.13. The molecule has 96 valence electrons. The van der Waals surface area contributed by atoms with E-state index in [2.05, 4.69) is 0 Å². The number of benzene rings is 1. The lowest BCUT2D eigenvalue weighted by molar-refractivity contribution is 0.590. The van der Waals surface area contributed by atoms with Crippen LogP contribution in [0, 0.1) is 0 Å². The van der Waals surface area contributed by atoms with Gasteiger partial charge in [0.15, 0.2) is 0 Å². The molecule has 1 rings (SSSR count). The van der Waals surface area contributed by atoms with Gasteiger partial charge in [0, 0.05) is 16.7 Å². The second-order valence-corrected chi connectivity index (χ2v) is 7.09. The molecule has 0 heterocycles. The van der Waals surface area contributed by atoms with E-state index in [4.69, 9.17) is 23.2 Å². The highest BCUT2D eigenvalue weighted by Gasteiger charge is 2.17. The van der Waals surface area contributed by atoms with Crippen molar-refractivity contribution in [2.45, 2.75) is 19.3 Å². The summed E-state index contributed by atoms with van der Waals surface area (Å²) in [5.41, 5.74) is 0.926. The zero-order valence-electron chi connectivity index (χ0n) is 9.70. The number of hydrogen-bond acceptors (Lipinski definition) is 2. The van der Waals surface area contributed by atoms with Crippen molar-refractivity contribution in [3.63, 3.8) is 0 Å². The lowest BCUT2D eigenvalue weighted by Gasteiger charge is -2.15. The maximum absolute atomic E-state index is 11.5. The van der Waals surface area contributed by atoms with E-state index in [0.717, 1.165) is 5.56 Å². The van der Waals surface area contributed by atoms with Crippen LogP contribution in [-0.4, -0.2) is 25.8 Å².